The van der Waals surface area contributed by atoms with Crippen molar-refractivity contribution in [3.63, 3.8) is 0 Å². The highest BCUT2D eigenvalue weighted by Gasteiger charge is 2.60. The van der Waals surface area contributed by atoms with Gasteiger partial charge in [-0.25, -0.2) is 4.98 Å². The number of nitrogens with zero attached hydrogens (tertiary/aromatic N) is 5. The van der Waals surface area contributed by atoms with Crippen molar-refractivity contribution >= 4 is 35.5 Å². The first kappa shape index (κ1) is 25.5. The Morgan fingerprint density at radius 1 is 1.18 bits per heavy atom. The fourth-order valence-electron chi connectivity index (χ4n) is 5.02. The molecule has 1 aliphatic carbocycles. The summed E-state index contributed by atoms with van der Waals surface area (Å²) in [5, 5.41) is 10.7. The van der Waals surface area contributed by atoms with Gasteiger partial charge in [-0.3, -0.25) is 0 Å². The lowest BCUT2D eigenvalue weighted by molar-refractivity contribution is -0.137. The van der Waals surface area contributed by atoms with E-state index in [2.05, 4.69) is 20.1 Å². The van der Waals surface area contributed by atoms with Crippen LogP contribution in [0.15, 0.2) is 29.4 Å². The lowest BCUT2D eigenvalue weighted by atomic mass is 9.94. The van der Waals surface area contributed by atoms with Crippen LogP contribution in [-0.2, 0) is 18.6 Å². The number of likely N-dealkylation sites (tertiary alicyclic amines) is 1. The fourth-order valence-corrected chi connectivity index (χ4v) is 6.80. The van der Waals surface area contributed by atoms with Crippen LogP contribution in [0.4, 0.5) is 13.2 Å². The lowest BCUT2D eigenvalue weighted by Crippen LogP contribution is -2.28. The molecular formula is C23H27ClF3N5S2. The molecule has 184 valence electrons. The number of aromatic nitrogens is 4. The van der Waals surface area contributed by atoms with Crippen LogP contribution in [0.25, 0.3) is 10.7 Å². The van der Waals surface area contributed by atoms with Crippen molar-refractivity contribution in [2.75, 3.05) is 25.4 Å². The molecular weight excluding hydrogens is 503 g/mol. The van der Waals surface area contributed by atoms with Crippen molar-refractivity contribution < 1.29 is 13.2 Å². The highest BCUT2D eigenvalue weighted by atomic mass is 35.5. The Morgan fingerprint density at radius 2 is 1.91 bits per heavy atom. The molecule has 2 aromatic heterocycles. The second-order valence-corrected chi connectivity index (χ2v) is 11.3. The number of thioether (sulfide) groups is 1. The predicted molar refractivity (Wildman–Crippen MR) is 132 cm³/mol. The number of alkyl halides is 3. The third-order valence-corrected chi connectivity index (χ3v) is 8.97. The van der Waals surface area contributed by atoms with Gasteiger partial charge in [0.1, 0.15) is 0 Å². The van der Waals surface area contributed by atoms with Crippen LogP contribution >= 0.6 is 35.5 Å². The van der Waals surface area contributed by atoms with E-state index >= 15 is 0 Å². The number of thiazole rings is 1. The van der Waals surface area contributed by atoms with Crippen molar-refractivity contribution in [2.45, 2.75) is 43.4 Å². The van der Waals surface area contributed by atoms with Crippen LogP contribution in [0, 0.1) is 19.8 Å². The van der Waals surface area contributed by atoms with E-state index < -0.39 is 11.7 Å². The van der Waals surface area contributed by atoms with Crippen LogP contribution in [0.5, 0.6) is 0 Å². The van der Waals surface area contributed by atoms with Crippen molar-refractivity contribution in [3.05, 3.63) is 46.1 Å². The third kappa shape index (κ3) is 4.74. The van der Waals surface area contributed by atoms with Crippen LogP contribution in [0.1, 0.15) is 34.7 Å². The topological polar surface area (TPSA) is 46.8 Å². The molecule has 2 atom stereocenters. The Bertz CT molecular complexity index is 1160. The molecule has 11 heteroatoms. The summed E-state index contributed by atoms with van der Waals surface area (Å²) in [6, 6.07) is 5.81. The molecule has 0 N–H and O–H groups in total. The maximum Gasteiger partial charge on any atom is 0.416 e. The zero-order chi connectivity index (χ0) is 23.4. The molecule has 3 heterocycles. The number of benzene rings is 1. The van der Waals surface area contributed by atoms with Crippen LogP contribution in [0.2, 0.25) is 0 Å². The molecule has 34 heavy (non-hydrogen) atoms. The van der Waals surface area contributed by atoms with Crippen LogP contribution in [-0.4, -0.2) is 50.0 Å². The molecule has 1 saturated heterocycles. The largest absolute Gasteiger partial charge is 0.416 e. The Hall–Kier alpha value is -1.62. The zero-order valence-corrected chi connectivity index (χ0v) is 21.7. The number of halogens is 4. The molecule has 5 nitrogen and oxygen atoms in total. The molecule has 5 rings (SSSR count). The molecule has 1 aliphatic heterocycles. The molecule has 0 bridgehead atoms. The Balaban J connectivity index is 0.00000274. The summed E-state index contributed by atoms with van der Waals surface area (Å²) in [5.41, 5.74) is 1.52. The summed E-state index contributed by atoms with van der Waals surface area (Å²) < 4.78 is 40.6. The minimum Gasteiger partial charge on any atom is -0.304 e. The smallest absolute Gasteiger partial charge is 0.304 e. The maximum absolute atomic E-state index is 12.9. The van der Waals surface area contributed by atoms with Crippen molar-refractivity contribution in [1.29, 1.82) is 0 Å². The Labute approximate surface area is 211 Å². The van der Waals surface area contributed by atoms with E-state index in [-0.39, 0.29) is 17.8 Å². The Morgan fingerprint density at radius 3 is 2.56 bits per heavy atom. The third-order valence-electron chi connectivity index (χ3n) is 6.79. The van der Waals surface area contributed by atoms with Crippen molar-refractivity contribution in [2.24, 2.45) is 13.0 Å². The SMILES string of the molecule is Cc1nc(C)c(-c2nnc(SCCCN3CC4CC4(c4ccc(C(F)(F)F)cc4)C3)n2C)s1.Cl. The number of hydrogen-bond acceptors (Lipinski definition) is 6. The normalized spacial score (nSPS) is 22.0. The highest BCUT2D eigenvalue weighted by Crippen LogP contribution is 2.59. The summed E-state index contributed by atoms with van der Waals surface area (Å²) in [5.74, 6) is 2.37. The second kappa shape index (κ2) is 9.44. The summed E-state index contributed by atoms with van der Waals surface area (Å²) >= 11 is 3.35. The van der Waals surface area contributed by atoms with E-state index in [9.17, 15) is 13.2 Å². The van der Waals surface area contributed by atoms with Gasteiger partial charge in [-0.05, 0) is 56.8 Å². The molecule has 2 aliphatic rings. The van der Waals surface area contributed by atoms with Crippen LogP contribution in [0.3, 0.4) is 0 Å². The number of fused-ring (bicyclic) bond motifs is 1. The summed E-state index contributed by atoms with van der Waals surface area (Å²) in [6.45, 7) is 6.95. The van der Waals surface area contributed by atoms with E-state index in [1.165, 1.54) is 12.1 Å². The van der Waals surface area contributed by atoms with E-state index in [0.717, 1.165) is 70.4 Å². The average molecular weight is 530 g/mol. The van der Waals surface area contributed by atoms with Gasteiger partial charge < -0.3 is 9.47 Å². The number of piperidine rings is 1. The van der Waals surface area contributed by atoms with Gasteiger partial charge in [0, 0.05) is 31.3 Å². The zero-order valence-electron chi connectivity index (χ0n) is 19.2. The maximum atomic E-state index is 12.9. The van der Waals surface area contributed by atoms with Crippen molar-refractivity contribution in [1.82, 2.24) is 24.6 Å². The van der Waals surface area contributed by atoms with Crippen molar-refractivity contribution in [3.8, 4) is 10.7 Å². The number of rotatable bonds is 7. The van der Waals surface area contributed by atoms with E-state index in [1.54, 1.807) is 35.2 Å². The highest BCUT2D eigenvalue weighted by molar-refractivity contribution is 7.99. The van der Waals surface area contributed by atoms with E-state index in [1.807, 2.05) is 25.5 Å². The summed E-state index contributed by atoms with van der Waals surface area (Å²) in [4.78, 5) is 8.01. The molecule has 1 aromatic carbocycles. The minimum atomic E-state index is -4.28. The van der Waals surface area contributed by atoms with E-state index in [0.29, 0.717) is 5.92 Å². The monoisotopic (exact) mass is 529 g/mol. The molecule has 1 saturated carbocycles. The molecule has 0 spiro atoms. The average Bonchev–Trinajstić information content (AvgIpc) is 3.00. The quantitative estimate of drug-likeness (QED) is 0.288. The molecule has 0 radical (unpaired) electrons. The molecule has 2 unspecified atom stereocenters. The summed E-state index contributed by atoms with van der Waals surface area (Å²) in [7, 11) is 1.99. The summed E-state index contributed by atoms with van der Waals surface area (Å²) in [6.07, 6.45) is -2.16. The standard InChI is InChI=1S/C23H26F3N5S2.ClH/c1-14-19(33-15(2)27-14)20-28-29-21(30(20)3)32-10-4-9-31-12-18-11-22(18,13-31)16-5-7-17(8-6-16)23(24,25)26;/h5-8,18H,4,9-13H2,1-3H3;1H. The first-order chi connectivity index (χ1) is 15.7. The first-order valence-electron chi connectivity index (χ1n) is 11.0. The predicted octanol–water partition coefficient (Wildman–Crippen LogP) is 5.75. The minimum absolute atomic E-state index is 0. The first-order valence-corrected chi connectivity index (χ1v) is 12.8. The molecule has 3 aromatic rings. The van der Waals surface area contributed by atoms with Gasteiger partial charge in [0.25, 0.3) is 0 Å². The number of aryl methyl sites for hydroxylation is 2. The Kier molecular flexibility index (Phi) is 7.07. The van der Waals surface area contributed by atoms with Gasteiger partial charge in [-0.2, -0.15) is 13.2 Å². The van der Waals surface area contributed by atoms with Gasteiger partial charge in [0.05, 0.1) is 21.1 Å². The van der Waals surface area contributed by atoms with Gasteiger partial charge >= 0.3 is 6.18 Å². The fraction of sp³-hybridized carbons (Fsp3) is 0.522. The van der Waals surface area contributed by atoms with E-state index in [4.69, 9.17) is 0 Å². The second-order valence-electron chi connectivity index (χ2n) is 9.08. The van der Waals surface area contributed by atoms with Crippen LogP contribution < -0.4 is 0 Å². The van der Waals surface area contributed by atoms with Gasteiger partial charge in [0.2, 0.25) is 0 Å². The van der Waals surface area contributed by atoms with Gasteiger partial charge in [-0.1, -0.05) is 23.9 Å². The van der Waals surface area contributed by atoms with Gasteiger partial charge in [0.15, 0.2) is 11.0 Å². The number of hydrogen-bond donors (Lipinski definition) is 0. The van der Waals surface area contributed by atoms with Gasteiger partial charge in [-0.15, -0.1) is 33.9 Å². The lowest BCUT2D eigenvalue weighted by Gasteiger charge is -2.21. The molecule has 0 amide bonds. The molecule has 2 fully saturated rings.